The Morgan fingerprint density at radius 2 is 2.11 bits per heavy atom. The fourth-order valence-corrected chi connectivity index (χ4v) is 3.03. The van der Waals surface area contributed by atoms with Crippen LogP contribution in [0.1, 0.15) is 31.0 Å². The van der Waals surface area contributed by atoms with Crippen molar-refractivity contribution in [1.29, 1.82) is 0 Å². The van der Waals surface area contributed by atoms with Crippen LogP contribution < -0.4 is 11.1 Å². The van der Waals surface area contributed by atoms with E-state index in [9.17, 15) is 4.79 Å². The lowest BCUT2D eigenvalue weighted by Crippen LogP contribution is -2.53. The number of hydrogen-bond acceptors (Lipinski definition) is 3. The minimum Gasteiger partial charge on any atom is -0.392 e. The first-order valence-electron chi connectivity index (χ1n) is 6.40. The van der Waals surface area contributed by atoms with Crippen LogP contribution in [0.3, 0.4) is 0 Å². The zero-order valence-corrected chi connectivity index (χ0v) is 12.3. The van der Waals surface area contributed by atoms with Crippen molar-refractivity contribution in [2.45, 2.75) is 33.6 Å². The van der Waals surface area contributed by atoms with Crippen molar-refractivity contribution in [1.82, 2.24) is 4.98 Å². The average molecular weight is 277 g/mol. The molecule has 4 nitrogen and oxygen atoms in total. The summed E-state index contributed by atoms with van der Waals surface area (Å²) in [6, 6.07) is 3.81. The monoisotopic (exact) mass is 277 g/mol. The first kappa shape index (κ1) is 13.9. The molecule has 0 unspecified atom stereocenters. The molecule has 3 N–H and O–H groups in total. The fourth-order valence-electron chi connectivity index (χ4n) is 2.77. The van der Waals surface area contributed by atoms with Gasteiger partial charge in [-0.3, -0.25) is 4.79 Å². The normalized spacial score (nSPS) is 25.5. The Balaban J connectivity index is 2.18. The topological polar surface area (TPSA) is 68.0 Å². The van der Waals surface area contributed by atoms with Crippen molar-refractivity contribution >= 4 is 28.9 Å². The molecule has 2 rings (SSSR count). The van der Waals surface area contributed by atoms with E-state index in [1.54, 1.807) is 0 Å². The Bertz CT molecular complexity index is 515. The lowest BCUT2D eigenvalue weighted by molar-refractivity contribution is -0.127. The van der Waals surface area contributed by atoms with E-state index in [-0.39, 0.29) is 10.9 Å². The number of rotatable bonds is 3. The molecule has 0 aliphatic heterocycles. The van der Waals surface area contributed by atoms with Crippen molar-refractivity contribution in [2.24, 2.45) is 17.1 Å². The van der Waals surface area contributed by atoms with Crippen LogP contribution in [0, 0.1) is 25.2 Å². The SMILES string of the molecule is Cc1cc(C)nc(NC(=O)C2(C(N)=S)CC(C)C2)c1. The van der Waals surface area contributed by atoms with Gasteiger partial charge in [-0.1, -0.05) is 19.1 Å². The van der Waals surface area contributed by atoms with Crippen LogP contribution in [0.15, 0.2) is 12.1 Å². The van der Waals surface area contributed by atoms with E-state index in [1.165, 1.54) is 0 Å². The molecule has 1 heterocycles. The number of amides is 1. The molecule has 0 saturated heterocycles. The van der Waals surface area contributed by atoms with Gasteiger partial charge >= 0.3 is 0 Å². The molecule has 1 aliphatic rings. The predicted molar refractivity (Wildman–Crippen MR) is 80.0 cm³/mol. The number of anilines is 1. The molecule has 0 bridgehead atoms. The van der Waals surface area contributed by atoms with Crippen molar-refractivity contribution in [2.75, 3.05) is 5.32 Å². The van der Waals surface area contributed by atoms with Crippen molar-refractivity contribution < 1.29 is 4.79 Å². The molecule has 1 saturated carbocycles. The lowest BCUT2D eigenvalue weighted by Gasteiger charge is -2.43. The number of carbonyl (C=O) groups is 1. The molecule has 0 atom stereocenters. The largest absolute Gasteiger partial charge is 0.392 e. The summed E-state index contributed by atoms with van der Waals surface area (Å²) >= 11 is 5.07. The van der Waals surface area contributed by atoms with Gasteiger partial charge in [0.15, 0.2) is 0 Å². The maximum Gasteiger partial charge on any atom is 0.238 e. The fraction of sp³-hybridized carbons (Fsp3) is 0.500. The third-order valence-corrected chi connectivity index (χ3v) is 4.03. The highest BCUT2D eigenvalue weighted by molar-refractivity contribution is 7.80. The summed E-state index contributed by atoms with van der Waals surface area (Å²) in [6.07, 6.45) is 1.44. The number of pyridine rings is 1. The molecule has 1 amide bonds. The molecule has 102 valence electrons. The van der Waals surface area contributed by atoms with Gasteiger partial charge in [0.2, 0.25) is 5.91 Å². The highest BCUT2D eigenvalue weighted by Crippen LogP contribution is 2.46. The maximum absolute atomic E-state index is 12.4. The first-order chi connectivity index (χ1) is 8.83. The molecule has 1 fully saturated rings. The van der Waals surface area contributed by atoms with E-state index in [0.717, 1.165) is 24.1 Å². The highest BCUT2D eigenvalue weighted by atomic mass is 32.1. The van der Waals surface area contributed by atoms with Gasteiger partial charge in [-0.15, -0.1) is 0 Å². The average Bonchev–Trinajstić information content (AvgIpc) is 2.22. The molecule has 1 aromatic rings. The molecule has 0 aromatic carbocycles. The Morgan fingerprint density at radius 3 is 2.58 bits per heavy atom. The van der Waals surface area contributed by atoms with E-state index < -0.39 is 5.41 Å². The number of nitrogens with one attached hydrogen (secondary N) is 1. The van der Waals surface area contributed by atoms with E-state index in [1.807, 2.05) is 26.0 Å². The summed E-state index contributed by atoms with van der Waals surface area (Å²) < 4.78 is 0. The molecular formula is C14H19N3OS. The van der Waals surface area contributed by atoms with Crippen LogP contribution in [-0.2, 0) is 4.79 Å². The summed E-state index contributed by atoms with van der Waals surface area (Å²) in [5.74, 6) is 0.924. The van der Waals surface area contributed by atoms with Gasteiger partial charge in [-0.25, -0.2) is 4.98 Å². The molecule has 0 radical (unpaired) electrons. The minimum absolute atomic E-state index is 0.129. The Hall–Kier alpha value is -1.49. The van der Waals surface area contributed by atoms with Gasteiger partial charge in [0.05, 0.1) is 10.4 Å². The molecular weight excluding hydrogens is 258 g/mol. The molecule has 1 aliphatic carbocycles. The second-order valence-electron chi connectivity index (χ2n) is 5.59. The minimum atomic E-state index is -0.686. The summed E-state index contributed by atoms with van der Waals surface area (Å²) in [7, 11) is 0. The molecule has 19 heavy (non-hydrogen) atoms. The van der Waals surface area contributed by atoms with Crippen LogP contribution >= 0.6 is 12.2 Å². The van der Waals surface area contributed by atoms with E-state index in [2.05, 4.69) is 17.2 Å². The lowest BCUT2D eigenvalue weighted by atomic mass is 9.62. The molecule has 0 spiro atoms. The van der Waals surface area contributed by atoms with Crippen molar-refractivity contribution in [3.63, 3.8) is 0 Å². The maximum atomic E-state index is 12.4. The number of nitrogens with two attached hydrogens (primary N) is 1. The summed E-state index contributed by atoms with van der Waals surface area (Å²) in [5, 5.41) is 2.85. The number of hydrogen-bond donors (Lipinski definition) is 2. The number of carbonyl (C=O) groups excluding carboxylic acids is 1. The van der Waals surface area contributed by atoms with E-state index >= 15 is 0 Å². The van der Waals surface area contributed by atoms with Gasteiger partial charge in [-0.05, 0) is 50.3 Å². The van der Waals surface area contributed by atoms with Crippen LogP contribution in [0.4, 0.5) is 5.82 Å². The smallest absolute Gasteiger partial charge is 0.238 e. The summed E-state index contributed by atoms with van der Waals surface area (Å²) in [4.78, 5) is 17.0. The Morgan fingerprint density at radius 1 is 1.47 bits per heavy atom. The van der Waals surface area contributed by atoms with Crippen molar-refractivity contribution in [3.05, 3.63) is 23.4 Å². The van der Waals surface area contributed by atoms with Gasteiger partial charge in [0.1, 0.15) is 5.82 Å². The van der Waals surface area contributed by atoms with Crippen LogP contribution in [0.2, 0.25) is 0 Å². The second-order valence-corrected chi connectivity index (χ2v) is 6.02. The zero-order valence-electron chi connectivity index (χ0n) is 11.5. The summed E-state index contributed by atoms with van der Waals surface area (Å²) in [6.45, 7) is 5.97. The highest BCUT2D eigenvalue weighted by Gasteiger charge is 2.50. The van der Waals surface area contributed by atoms with Gasteiger partial charge in [0, 0.05) is 5.69 Å². The van der Waals surface area contributed by atoms with E-state index in [0.29, 0.717) is 11.7 Å². The van der Waals surface area contributed by atoms with Crippen LogP contribution in [0.5, 0.6) is 0 Å². The standard InChI is InChI=1S/C14H19N3OS/c1-8-4-10(3)16-11(5-8)17-13(18)14(12(15)19)6-9(2)7-14/h4-5,9H,6-7H2,1-3H3,(H2,15,19)(H,16,17,18). The predicted octanol–water partition coefficient (Wildman–Crippen LogP) is 2.34. The summed E-state index contributed by atoms with van der Waals surface area (Å²) in [5.41, 5.74) is 7.01. The molecule has 1 aromatic heterocycles. The van der Waals surface area contributed by atoms with Gasteiger partial charge in [-0.2, -0.15) is 0 Å². The quantitative estimate of drug-likeness (QED) is 0.832. The number of nitrogens with zero attached hydrogens (tertiary/aromatic N) is 1. The van der Waals surface area contributed by atoms with Gasteiger partial charge in [0.25, 0.3) is 0 Å². The van der Waals surface area contributed by atoms with E-state index in [4.69, 9.17) is 18.0 Å². The van der Waals surface area contributed by atoms with Gasteiger partial charge < -0.3 is 11.1 Å². The zero-order chi connectivity index (χ0) is 14.2. The Kier molecular flexibility index (Phi) is 3.58. The second kappa shape index (κ2) is 4.89. The van der Waals surface area contributed by atoms with Crippen LogP contribution in [-0.4, -0.2) is 15.9 Å². The number of thiocarbonyl (C=S) groups is 1. The number of aryl methyl sites for hydroxylation is 2. The third-order valence-electron chi connectivity index (χ3n) is 3.64. The molecule has 5 heteroatoms. The first-order valence-corrected chi connectivity index (χ1v) is 6.81. The third kappa shape index (κ3) is 2.61. The van der Waals surface area contributed by atoms with Crippen LogP contribution in [0.25, 0.3) is 0 Å². The Labute approximate surface area is 118 Å². The van der Waals surface area contributed by atoms with Crippen molar-refractivity contribution in [3.8, 4) is 0 Å². The number of aromatic nitrogens is 1.